The molecule has 1 heterocycles. The van der Waals surface area contributed by atoms with E-state index in [9.17, 15) is 10.1 Å². The Kier molecular flexibility index (Phi) is 4.09. The topological polar surface area (TPSA) is 82.2 Å². The highest BCUT2D eigenvalue weighted by Gasteiger charge is 2.19. The van der Waals surface area contributed by atoms with Crippen molar-refractivity contribution in [3.63, 3.8) is 0 Å². The molecule has 106 valence electrons. The van der Waals surface area contributed by atoms with E-state index in [-0.39, 0.29) is 18.1 Å². The molecule has 1 aromatic carbocycles. The number of nitro groups is 1. The van der Waals surface area contributed by atoms with Gasteiger partial charge in [0.1, 0.15) is 11.9 Å². The van der Waals surface area contributed by atoms with Gasteiger partial charge < -0.3 is 10.1 Å². The lowest BCUT2D eigenvalue weighted by atomic mass is 10.2. The van der Waals surface area contributed by atoms with Crippen molar-refractivity contribution in [2.45, 2.75) is 6.54 Å². The third-order valence-corrected chi connectivity index (χ3v) is 3.09. The van der Waals surface area contributed by atoms with Gasteiger partial charge in [-0.15, -0.1) is 5.10 Å². The number of aromatic nitrogens is 2. The highest BCUT2D eigenvalue weighted by atomic mass is 35.5. The van der Waals surface area contributed by atoms with Crippen LogP contribution in [0.3, 0.4) is 0 Å². The molecule has 0 aliphatic heterocycles. The van der Waals surface area contributed by atoms with Crippen LogP contribution in [0.4, 0.5) is 11.5 Å². The van der Waals surface area contributed by atoms with Gasteiger partial charge >= 0.3 is 5.69 Å². The lowest BCUT2D eigenvalue weighted by Crippen LogP contribution is -2.05. The summed E-state index contributed by atoms with van der Waals surface area (Å²) >= 11 is 6.10. The molecule has 2 aromatic rings. The number of hydrogen-bond donors (Lipinski definition) is 1. The van der Waals surface area contributed by atoms with E-state index in [0.717, 1.165) is 5.56 Å². The van der Waals surface area contributed by atoms with Gasteiger partial charge in [0, 0.05) is 24.2 Å². The largest absolute Gasteiger partial charge is 0.496 e. The summed E-state index contributed by atoms with van der Waals surface area (Å²) < 4.78 is 6.59. The molecule has 0 unspecified atom stereocenters. The monoisotopic (exact) mass is 296 g/mol. The van der Waals surface area contributed by atoms with Gasteiger partial charge in [0.2, 0.25) is 5.82 Å². The number of nitrogens with zero attached hydrogens (tertiary/aromatic N) is 3. The second kappa shape index (κ2) is 5.79. The molecule has 0 fully saturated rings. The summed E-state index contributed by atoms with van der Waals surface area (Å²) in [6.07, 6.45) is 1.34. The molecule has 20 heavy (non-hydrogen) atoms. The number of rotatable bonds is 5. The Bertz CT molecular complexity index is 642. The van der Waals surface area contributed by atoms with Crippen LogP contribution in [0.5, 0.6) is 5.75 Å². The van der Waals surface area contributed by atoms with Crippen LogP contribution in [0.2, 0.25) is 5.02 Å². The smallest absolute Gasteiger partial charge is 0.330 e. The molecule has 0 spiro atoms. The van der Waals surface area contributed by atoms with Gasteiger partial charge in [-0.1, -0.05) is 17.7 Å². The molecule has 1 aromatic heterocycles. The number of benzene rings is 1. The Morgan fingerprint density at radius 2 is 2.30 bits per heavy atom. The Morgan fingerprint density at radius 3 is 2.95 bits per heavy atom. The Labute approximate surface area is 120 Å². The number of ether oxygens (including phenoxy) is 1. The first-order valence-electron chi connectivity index (χ1n) is 5.76. The van der Waals surface area contributed by atoms with Crippen LogP contribution in [-0.2, 0) is 13.6 Å². The summed E-state index contributed by atoms with van der Waals surface area (Å²) in [6, 6.07) is 5.28. The van der Waals surface area contributed by atoms with Gasteiger partial charge in [0.15, 0.2) is 0 Å². The number of aryl methyl sites for hydroxylation is 1. The molecular formula is C12H13ClN4O3. The fraction of sp³-hybridized carbons (Fsp3) is 0.250. The maximum atomic E-state index is 10.9. The molecule has 0 saturated heterocycles. The van der Waals surface area contributed by atoms with Gasteiger partial charge in [0.25, 0.3) is 0 Å². The van der Waals surface area contributed by atoms with E-state index in [1.807, 2.05) is 0 Å². The fourth-order valence-corrected chi connectivity index (χ4v) is 2.04. The van der Waals surface area contributed by atoms with Crippen molar-refractivity contribution in [2.75, 3.05) is 12.4 Å². The summed E-state index contributed by atoms with van der Waals surface area (Å²) in [7, 11) is 3.16. The standard InChI is InChI=1S/C12H13ClN4O3/c1-16-7-10(17(18)19)12(15-16)14-6-8-9(13)4-3-5-11(8)20-2/h3-5,7H,6H2,1-2H3,(H,14,15). The molecule has 8 heteroatoms. The number of anilines is 1. The highest BCUT2D eigenvalue weighted by Crippen LogP contribution is 2.28. The second-order valence-electron chi connectivity index (χ2n) is 4.07. The molecule has 0 radical (unpaired) electrons. The molecule has 0 saturated carbocycles. The van der Waals surface area contributed by atoms with Crippen molar-refractivity contribution in [3.05, 3.63) is 45.1 Å². The minimum atomic E-state index is -0.487. The molecule has 7 nitrogen and oxygen atoms in total. The van der Waals surface area contributed by atoms with Gasteiger partial charge in [-0.25, -0.2) is 0 Å². The Balaban J connectivity index is 2.23. The molecule has 0 aliphatic rings. The first-order valence-corrected chi connectivity index (χ1v) is 6.14. The second-order valence-corrected chi connectivity index (χ2v) is 4.48. The first kappa shape index (κ1) is 14.1. The van der Waals surface area contributed by atoms with Crippen molar-refractivity contribution in [1.29, 1.82) is 0 Å². The van der Waals surface area contributed by atoms with Crippen LogP contribution < -0.4 is 10.1 Å². The van der Waals surface area contributed by atoms with Gasteiger partial charge in [-0.3, -0.25) is 14.8 Å². The fourth-order valence-electron chi connectivity index (χ4n) is 1.81. The number of hydrogen-bond acceptors (Lipinski definition) is 5. The van der Waals surface area contributed by atoms with Crippen LogP contribution in [-0.4, -0.2) is 21.8 Å². The Hall–Kier alpha value is -2.28. The summed E-state index contributed by atoms with van der Waals surface area (Å²) in [6.45, 7) is 0.278. The zero-order valence-electron chi connectivity index (χ0n) is 11.0. The zero-order chi connectivity index (χ0) is 14.7. The van der Waals surface area contributed by atoms with Gasteiger partial charge in [-0.05, 0) is 12.1 Å². The molecule has 0 aliphatic carbocycles. The van der Waals surface area contributed by atoms with E-state index in [2.05, 4.69) is 10.4 Å². The van der Waals surface area contributed by atoms with Crippen LogP contribution in [0.25, 0.3) is 0 Å². The SMILES string of the molecule is COc1cccc(Cl)c1CNc1nn(C)cc1[N+](=O)[O-]. The highest BCUT2D eigenvalue weighted by molar-refractivity contribution is 6.31. The lowest BCUT2D eigenvalue weighted by molar-refractivity contribution is -0.384. The van der Waals surface area contributed by atoms with E-state index in [1.54, 1.807) is 32.4 Å². The molecule has 0 bridgehead atoms. The van der Waals surface area contributed by atoms with Gasteiger partial charge in [0.05, 0.1) is 12.0 Å². The summed E-state index contributed by atoms with van der Waals surface area (Å²) in [5.41, 5.74) is 0.634. The summed E-state index contributed by atoms with van der Waals surface area (Å²) in [5, 5.41) is 18.3. The third-order valence-electron chi connectivity index (χ3n) is 2.73. The van der Waals surface area contributed by atoms with Crippen molar-refractivity contribution in [2.24, 2.45) is 7.05 Å². The summed E-state index contributed by atoms with van der Waals surface area (Å²) in [5.74, 6) is 0.808. The minimum Gasteiger partial charge on any atom is -0.496 e. The quantitative estimate of drug-likeness (QED) is 0.677. The van der Waals surface area contributed by atoms with Crippen LogP contribution in [0, 0.1) is 10.1 Å². The normalized spacial score (nSPS) is 10.3. The average molecular weight is 297 g/mol. The van der Waals surface area contributed by atoms with Gasteiger partial charge in [-0.2, -0.15) is 0 Å². The minimum absolute atomic E-state index is 0.0847. The number of methoxy groups -OCH3 is 1. The summed E-state index contributed by atoms with van der Waals surface area (Å²) in [4.78, 5) is 10.4. The predicted molar refractivity (Wildman–Crippen MR) is 75.2 cm³/mol. The zero-order valence-corrected chi connectivity index (χ0v) is 11.7. The molecule has 0 atom stereocenters. The van der Waals surface area contributed by atoms with Crippen molar-refractivity contribution in [3.8, 4) is 5.75 Å². The molecule has 1 N–H and O–H groups in total. The third kappa shape index (κ3) is 2.83. The van der Waals surface area contributed by atoms with Crippen LogP contribution >= 0.6 is 11.6 Å². The van der Waals surface area contributed by atoms with E-state index in [0.29, 0.717) is 10.8 Å². The van der Waals surface area contributed by atoms with Crippen LogP contribution in [0.1, 0.15) is 5.56 Å². The predicted octanol–water partition coefficient (Wildman–Crippen LogP) is 2.60. The van der Waals surface area contributed by atoms with E-state index in [1.165, 1.54) is 10.9 Å². The van der Waals surface area contributed by atoms with Crippen molar-refractivity contribution in [1.82, 2.24) is 9.78 Å². The number of halogens is 1. The maximum Gasteiger partial charge on any atom is 0.330 e. The van der Waals surface area contributed by atoms with E-state index >= 15 is 0 Å². The lowest BCUT2D eigenvalue weighted by Gasteiger charge is -2.10. The molecule has 0 amide bonds. The van der Waals surface area contributed by atoms with E-state index < -0.39 is 4.92 Å². The van der Waals surface area contributed by atoms with Crippen molar-refractivity contribution >= 4 is 23.1 Å². The first-order chi connectivity index (χ1) is 9.52. The van der Waals surface area contributed by atoms with Crippen LogP contribution in [0.15, 0.2) is 24.4 Å². The average Bonchev–Trinajstić information content (AvgIpc) is 2.78. The number of nitrogens with one attached hydrogen (secondary N) is 1. The molecule has 2 rings (SSSR count). The van der Waals surface area contributed by atoms with E-state index in [4.69, 9.17) is 16.3 Å². The van der Waals surface area contributed by atoms with Crippen molar-refractivity contribution < 1.29 is 9.66 Å². The Morgan fingerprint density at radius 1 is 1.55 bits per heavy atom. The maximum absolute atomic E-state index is 10.9. The molecular weight excluding hydrogens is 284 g/mol.